The Hall–Kier alpha value is -3.70. The van der Waals surface area contributed by atoms with Gasteiger partial charge in [0.05, 0.1) is 0 Å². The first kappa shape index (κ1) is 19.6. The molecule has 0 saturated carbocycles. The van der Waals surface area contributed by atoms with Gasteiger partial charge in [0.1, 0.15) is 22.8 Å². The third kappa shape index (κ3) is 4.02. The summed E-state index contributed by atoms with van der Waals surface area (Å²) in [5.74, 6) is 0.332. The molecule has 0 aromatic heterocycles. The molecule has 0 atom stereocenters. The lowest BCUT2D eigenvalue weighted by molar-refractivity contribution is 0.0769. The fraction of sp³-hybridized carbons (Fsp3) is 0. The molecule has 4 aromatic rings. The molecule has 0 aliphatic carbocycles. The van der Waals surface area contributed by atoms with Crippen LogP contribution >= 0.6 is 12.9 Å². The lowest BCUT2D eigenvalue weighted by Crippen LogP contribution is -2.04. The molecule has 4 nitrogen and oxygen atoms in total. The van der Waals surface area contributed by atoms with Crippen molar-refractivity contribution in [3.8, 4) is 39.5 Å². The minimum atomic E-state index is -0.621. The Morgan fingerprint density at radius 2 is 1.33 bits per heavy atom. The lowest BCUT2D eigenvalue weighted by Gasteiger charge is -2.19. The van der Waals surface area contributed by atoms with Crippen LogP contribution in [0.2, 0.25) is 0 Å². The number of benzene rings is 4. The molecule has 0 heterocycles. The highest BCUT2D eigenvalue weighted by Gasteiger charge is 2.23. The van der Waals surface area contributed by atoms with E-state index in [2.05, 4.69) is 12.9 Å². The molecule has 1 N–H and O–H groups in total. The van der Waals surface area contributed by atoms with Gasteiger partial charge in [-0.3, -0.25) is 0 Å². The van der Waals surface area contributed by atoms with E-state index < -0.39 is 5.97 Å². The first-order chi connectivity index (χ1) is 14.7. The second-order valence-corrected chi connectivity index (χ2v) is 6.75. The summed E-state index contributed by atoms with van der Waals surface area (Å²) in [5.41, 5.74) is 3.78. The van der Waals surface area contributed by atoms with Crippen molar-refractivity contribution in [3.05, 3.63) is 103 Å². The molecule has 30 heavy (non-hydrogen) atoms. The average molecular weight is 414 g/mol. The Balaban J connectivity index is 2.00. The number of aromatic hydroxyl groups is 1. The zero-order valence-corrected chi connectivity index (χ0v) is 16.8. The molecule has 0 unspecified atom stereocenters. The smallest absolute Gasteiger partial charge is 0.353 e. The van der Waals surface area contributed by atoms with Crippen LogP contribution in [-0.2, 0) is 4.18 Å². The molecule has 0 saturated heterocycles. The van der Waals surface area contributed by atoms with E-state index in [1.54, 1.807) is 18.2 Å². The average Bonchev–Trinajstić information content (AvgIpc) is 2.81. The van der Waals surface area contributed by atoms with Crippen LogP contribution in [0, 0.1) is 0 Å². The summed E-state index contributed by atoms with van der Waals surface area (Å²) in [5, 5.41) is 9.59. The van der Waals surface area contributed by atoms with E-state index in [4.69, 9.17) is 8.92 Å². The van der Waals surface area contributed by atoms with Crippen molar-refractivity contribution in [2.75, 3.05) is 0 Å². The SMILES string of the molecule is O=C(OS)c1ccc(-c2ccccc2)c(-c2ccccc2)c1Oc1ccc(O)cc1. The number of phenols is 1. The summed E-state index contributed by atoms with van der Waals surface area (Å²) in [7, 11) is 0. The van der Waals surface area contributed by atoms with Gasteiger partial charge in [-0.05, 0) is 47.0 Å². The van der Waals surface area contributed by atoms with E-state index in [1.807, 2.05) is 66.7 Å². The Morgan fingerprint density at radius 1 is 0.733 bits per heavy atom. The van der Waals surface area contributed by atoms with Crippen molar-refractivity contribution in [3.63, 3.8) is 0 Å². The number of phenolic OH excluding ortho intramolecular Hbond substituents is 1. The van der Waals surface area contributed by atoms with E-state index in [1.165, 1.54) is 12.1 Å². The highest BCUT2D eigenvalue weighted by atomic mass is 32.1. The zero-order chi connectivity index (χ0) is 20.9. The minimum absolute atomic E-state index is 0.124. The van der Waals surface area contributed by atoms with Gasteiger partial charge in [-0.1, -0.05) is 66.7 Å². The van der Waals surface area contributed by atoms with Crippen molar-refractivity contribution < 1.29 is 18.8 Å². The first-order valence-corrected chi connectivity index (χ1v) is 9.64. The second-order valence-electron chi connectivity index (χ2n) is 6.57. The van der Waals surface area contributed by atoms with Crippen LogP contribution in [0.1, 0.15) is 10.4 Å². The van der Waals surface area contributed by atoms with Crippen LogP contribution in [0.15, 0.2) is 97.1 Å². The predicted octanol–water partition coefficient (Wildman–Crippen LogP) is 6.52. The van der Waals surface area contributed by atoms with E-state index in [-0.39, 0.29) is 11.3 Å². The van der Waals surface area contributed by atoms with Gasteiger partial charge in [-0.15, -0.1) is 0 Å². The molecule has 0 bridgehead atoms. The van der Waals surface area contributed by atoms with Crippen LogP contribution in [0.5, 0.6) is 17.2 Å². The Kier molecular flexibility index (Phi) is 5.72. The Labute approximate surface area is 180 Å². The molecular weight excluding hydrogens is 396 g/mol. The summed E-state index contributed by atoms with van der Waals surface area (Å²) in [4.78, 5) is 12.5. The second kappa shape index (κ2) is 8.76. The van der Waals surface area contributed by atoms with Crippen molar-refractivity contribution in [1.29, 1.82) is 0 Å². The van der Waals surface area contributed by atoms with E-state index >= 15 is 0 Å². The van der Waals surface area contributed by atoms with Gasteiger partial charge in [0.15, 0.2) is 0 Å². The number of thiol groups is 1. The maximum Gasteiger partial charge on any atom is 0.353 e. The number of ether oxygens (including phenoxy) is 1. The summed E-state index contributed by atoms with van der Waals surface area (Å²) >= 11 is 3.69. The summed E-state index contributed by atoms with van der Waals surface area (Å²) in [6.07, 6.45) is 0. The van der Waals surface area contributed by atoms with Gasteiger partial charge in [0, 0.05) is 18.5 Å². The monoisotopic (exact) mass is 414 g/mol. The van der Waals surface area contributed by atoms with Crippen molar-refractivity contribution in [1.82, 2.24) is 0 Å². The minimum Gasteiger partial charge on any atom is -0.508 e. The molecule has 0 aliphatic rings. The highest BCUT2D eigenvalue weighted by molar-refractivity contribution is 7.75. The summed E-state index contributed by atoms with van der Waals surface area (Å²) in [6, 6.07) is 29.4. The Bertz CT molecular complexity index is 1160. The normalized spacial score (nSPS) is 10.4. The Morgan fingerprint density at radius 3 is 1.93 bits per heavy atom. The number of carbonyl (C=O) groups is 1. The molecule has 4 aromatic carbocycles. The van der Waals surface area contributed by atoms with E-state index in [0.29, 0.717) is 11.5 Å². The lowest BCUT2D eigenvalue weighted by atomic mass is 9.91. The van der Waals surface area contributed by atoms with Crippen LogP contribution in [0.3, 0.4) is 0 Å². The molecule has 4 rings (SSSR count). The molecule has 0 fully saturated rings. The van der Waals surface area contributed by atoms with Crippen LogP contribution in [-0.4, -0.2) is 11.1 Å². The van der Waals surface area contributed by atoms with E-state index in [0.717, 1.165) is 22.3 Å². The first-order valence-electron chi connectivity index (χ1n) is 9.28. The molecule has 0 aliphatic heterocycles. The number of carbonyl (C=O) groups excluding carboxylic acids is 1. The predicted molar refractivity (Wildman–Crippen MR) is 120 cm³/mol. The third-order valence-corrected chi connectivity index (χ3v) is 4.83. The van der Waals surface area contributed by atoms with Gasteiger partial charge in [-0.2, -0.15) is 0 Å². The van der Waals surface area contributed by atoms with Crippen LogP contribution < -0.4 is 4.74 Å². The van der Waals surface area contributed by atoms with Crippen LogP contribution in [0.25, 0.3) is 22.3 Å². The fourth-order valence-electron chi connectivity index (χ4n) is 3.28. The van der Waals surface area contributed by atoms with E-state index in [9.17, 15) is 9.90 Å². The fourth-order valence-corrected chi connectivity index (χ4v) is 3.38. The van der Waals surface area contributed by atoms with Gasteiger partial charge in [-0.25, -0.2) is 4.79 Å². The molecule has 0 radical (unpaired) electrons. The highest BCUT2D eigenvalue weighted by Crippen LogP contribution is 2.43. The standard InChI is InChI=1S/C25H18O4S/c26-19-11-13-20(14-12-19)28-24-22(25(27)29-30)16-15-21(17-7-3-1-4-8-17)23(24)18-9-5-2-6-10-18/h1-16,26,30H. The van der Waals surface area contributed by atoms with Gasteiger partial charge >= 0.3 is 5.97 Å². The third-order valence-electron chi connectivity index (χ3n) is 4.66. The maximum atomic E-state index is 12.5. The number of hydrogen-bond acceptors (Lipinski definition) is 5. The van der Waals surface area contributed by atoms with Gasteiger partial charge < -0.3 is 14.0 Å². The van der Waals surface area contributed by atoms with Crippen LogP contribution in [0.4, 0.5) is 0 Å². The summed E-state index contributed by atoms with van der Waals surface area (Å²) in [6.45, 7) is 0. The van der Waals surface area contributed by atoms with Crippen molar-refractivity contribution in [2.45, 2.75) is 0 Å². The quantitative estimate of drug-likeness (QED) is 0.288. The zero-order valence-electron chi connectivity index (χ0n) is 15.9. The molecule has 5 heteroatoms. The van der Waals surface area contributed by atoms with Crippen molar-refractivity contribution in [2.24, 2.45) is 0 Å². The van der Waals surface area contributed by atoms with Crippen molar-refractivity contribution >= 4 is 18.9 Å². The van der Waals surface area contributed by atoms with Gasteiger partial charge in [0.2, 0.25) is 0 Å². The largest absolute Gasteiger partial charge is 0.508 e. The number of rotatable bonds is 5. The molecule has 0 spiro atoms. The topological polar surface area (TPSA) is 55.8 Å². The molecule has 148 valence electrons. The summed E-state index contributed by atoms with van der Waals surface area (Å²) < 4.78 is 10.9. The maximum absolute atomic E-state index is 12.5. The molecule has 0 amide bonds. The molecular formula is C25H18O4S. The van der Waals surface area contributed by atoms with Gasteiger partial charge in [0.25, 0.3) is 0 Å². The number of hydrogen-bond donors (Lipinski definition) is 2.